The first-order valence-corrected chi connectivity index (χ1v) is 10.7. The quantitative estimate of drug-likeness (QED) is 0.0831. The number of aliphatic carboxylic acids is 1. The lowest BCUT2D eigenvalue weighted by Crippen LogP contribution is -2.57. The fraction of sp³-hybridized carbons (Fsp3) is 0.684. The normalized spacial score (nSPS) is 14.2. The number of carboxylic acids is 1. The third-order valence-electron chi connectivity index (χ3n) is 4.73. The van der Waals surface area contributed by atoms with Crippen molar-refractivity contribution in [3.63, 3.8) is 0 Å². The van der Waals surface area contributed by atoms with Crippen LogP contribution in [0, 0.1) is 0 Å². The number of rotatable bonds is 18. The van der Waals surface area contributed by atoms with E-state index >= 15 is 0 Å². The molecule has 15 nitrogen and oxygen atoms in total. The zero-order valence-corrected chi connectivity index (χ0v) is 18.8. The molecule has 0 aromatic carbocycles. The Morgan fingerprint density at radius 3 is 1.65 bits per heavy atom. The largest absolute Gasteiger partial charge is 0.480 e. The number of aliphatic hydroxyl groups excluding tert-OH is 1. The minimum atomic E-state index is -1.59. The molecule has 13 N–H and O–H groups in total. The number of hydrogen-bond donors (Lipinski definition) is 9. The van der Waals surface area contributed by atoms with Gasteiger partial charge in [-0.1, -0.05) is 0 Å². The molecule has 0 saturated carbocycles. The van der Waals surface area contributed by atoms with E-state index in [0.29, 0.717) is 19.4 Å². The monoisotopic (exact) mass is 489 g/mol. The summed E-state index contributed by atoms with van der Waals surface area (Å²) in [6.07, 6.45) is 0.284. The molecule has 0 spiro atoms. The van der Waals surface area contributed by atoms with Gasteiger partial charge in [0.05, 0.1) is 12.6 Å². The zero-order chi connectivity index (χ0) is 26.3. The van der Waals surface area contributed by atoms with E-state index < -0.39 is 66.3 Å². The highest BCUT2D eigenvalue weighted by atomic mass is 16.4. The molecule has 0 aromatic rings. The number of carbonyl (C=O) groups is 6. The Bertz CT molecular complexity index is 733. The van der Waals surface area contributed by atoms with Gasteiger partial charge in [0.15, 0.2) is 0 Å². The molecule has 0 bridgehead atoms. The maximum atomic E-state index is 12.9. The average Bonchev–Trinajstić information content (AvgIpc) is 2.76. The molecule has 0 aliphatic rings. The molecule has 0 aromatic heterocycles. The van der Waals surface area contributed by atoms with Gasteiger partial charge in [-0.15, -0.1) is 0 Å². The second-order valence-corrected chi connectivity index (χ2v) is 7.61. The molecule has 5 amide bonds. The van der Waals surface area contributed by atoms with Gasteiger partial charge in [-0.2, -0.15) is 0 Å². The van der Waals surface area contributed by atoms with Gasteiger partial charge in [0.2, 0.25) is 29.5 Å². The van der Waals surface area contributed by atoms with Gasteiger partial charge in [0.1, 0.15) is 18.1 Å². The topological polar surface area (TPSA) is 283 Å². The van der Waals surface area contributed by atoms with Crippen LogP contribution in [0.1, 0.15) is 44.9 Å². The summed E-state index contributed by atoms with van der Waals surface area (Å²) in [7, 11) is 0. The third kappa shape index (κ3) is 12.7. The van der Waals surface area contributed by atoms with Gasteiger partial charge in [0.25, 0.3) is 0 Å². The molecule has 34 heavy (non-hydrogen) atoms. The fourth-order valence-corrected chi connectivity index (χ4v) is 2.75. The lowest BCUT2D eigenvalue weighted by molar-refractivity contribution is -0.143. The zero-order valence-electron chi connectivity index (χ0n) is 18.8. The number of nitrogens with one attached hydrogen (secondary N) is 3. The van der Waals surface area contributed by atoms with Crippen molar-refractivity contribution >= 4 is 35.5 Å². The van der Waals surface area contributed by atoms with Crippen LogP contribution in [-0.2, 0) is 28.8 Å². The second kappa shape index (κ2) is 16.3. The second-order valence-electron chi connectivity index (χ2n) is 7.61. The Kier molecular flexibility index (Phi) is 14.7. The number of nitrogens with two attached hydrogens (primary N) is 4. The maximum Gasteiger partial charge on any atom is 0.328 e. The molecule has 4 atom stereocenters. The lowest BCUT2D eigenvalue weighted by atomic mass is 10.0. The van der Waals surface area contributed by atoms with Crippen molar-refractivity contribution in [2.75, 3.05) is 13.2 Å². The minimum absolute atomic E-state index is 0.0762. The first-order chi connectivity index (χ1) is 15.9. The van der Waals surface area contributed by atoms with E-state index in [2.05, 4.69) is 16.0 Å². The number of amides is 5. The molecule has 0 aliphatic heterocycles. The van der Waals surface area contributed by atoms with Crippen molar-refractivity contribution in [1.29, 1.82) is 0 Å². The predicted octanol–water partition coefficient (Wildman–Crippen LogP) is -4.50. The van der Waals surface area contributed by atoms with Gasteiger partial charge in [0, 0.05) is 12.8 Å². The van der Waals surface area contributed by atoms with Crippen LogP contribution < -0.4 is 38.9 Å². The first-order valence-electron chi connectivity index (χ1n) is 10.7. The van der Waals surface area contributed by atoms with E-state index in [0.717, 1.165) is 0 Å². The van der Waals surface area contributed by atoms with Crippen LogP contribution in [0.15, 0.2) is 0 Å². The molecular formula is C19H35N7O8. The van der Waals surface area contributed by atoms with Crippen LogP contribution in [0.25, 0.3) is 0 Å². The summed E-state index contributed by atoms with van der Waals surface area (Å²) in [6.45, 7) is -0.553. The van der Waals surface area contributed by atoms with Gasteiger partial charge in [-0.25, -0.2) is 4.79 Å². The molecular weight excluding hydrogens is 454 g/mol. The van der Waals surface area contributed by atoms with E-state index in [9.17, 15) is 28.8 Å². The Balaban J connectivity index is 5.46. The van der Waals surface area contributed by atoms with Crippen molar-refractivity contribution in [2.24, 2.45) is 22.9 Å². The summed E-state index contributed by atoms with van der Waals surface area (Å²) < 4.78 is 0. The van der Waals surface area contributed by atoms with Gasteiger partial charge < -0.3 is 49.1 Å². The first kappa shape index (κ1) is 30.7. The molecule has 0 heterocycles. The van der Waals surface area contributed by atoms with Crippen LogP contribution in [0.4, 0.5) is 0 Å². The van der Waals surface area contributed by atoms with Crippen molar-refractivity contribution in [3.05, 3.63) is 0 Å². The summed E-state index contributed by atoms with van der Waals surface area (Å²) in [6, 6.07) is -5.28. The molecule has 0 saturated heterocycles. The van der Waals surface area contributed by atoms with Crippen molar-refractivity contribution in [3.8, 4) is 0 Å². The van der Waals surface area contributed by atoms with Crippen LogP contribution >= 0.6 is 0 Å². The standard InChI is InChI=1S/C19H35N7O8/c20-8-2-1-3-11(17(31)26-13(9-27)19(33)34)25-18(32)12(5-7-15(23)29)24-16(30)10(21)4-6-14(22)28/h10-13,27H,1-9,20-21H2,(H2,22,28)(H2,23,29)(H,24,30)(H,25,32)(H,26,31)(H,33,34). The Hall–Kier alpha value is -3.30. The van der Waals surface area contributed by atoms with E-state index in [1.807, 2.05) is 0 Å². The summed E-state index contributed by atoms with van der Waals surface area (Å²) in [5.74, 6) is -5.39. The van der Waals surface area contributed by atoms with Gasteiger partial charge in [-0.3, -0.25) is 24.0 Å². The van der Waals surface area contributed by atoms with Crippen LogP contribution in [0.5, 0.6) is 0 Å². The summed E-state index contributed by atoms with van der Waals surface area (Å²) in [5.41, 5.74) is 21.3. The Morgan fingerprint density at radius 2 is 1.18 bits per heavy atom. The predicted molar refractivity (Wildman–Crippen MR) is 118 cm³/mol. The van der Waals surface area contributed by atoms with Gasteiger partial charge in [-0.05, 0) is 38.6 Å². The summed E-state index contributed by atoms with van der Waals surface area (Å²) in [4.78, 5) is 70.9. The number of carbonyl (C=O) groups excluding carboxylic acids is 5. The number of unbranched alkanes of at least 4 members (excludes halogenated alkanes) is 1. The van der Waals surface area contributed by atoms with E-state index in [-0.39, 0.29) is 32.1 Å². The van der Waals surface area contributed by atoms with E-state index in [4.69, 9.17) is 33.1 Å². The maximum absolute atomic E-state index is 12.9. The van der Waals surface area contributed by atoms with Crippen molar-refractivity contribution in [2.45, 2.75) is 69.1 Å². The summed E-state index contributed by atoms with van der Waals surface area (Å²) in [5, 5.41) is 25.0. The van der Waals surface area contributed by atoms with Crippen molar-refractivity contribution < 1.29 is 39.0 Å². The molecule has 0 rings (SSSR count). The third-order valence-corrected chi connectivity index (χ3v) is 4.73. The molecule has 15 heteroatoms. The number of carboxylic acid groups (broad SMARTS) is 1. The van der Waals surface area contributed by atoms with Crippen LogP contribution in [0.3, 0.4) is 0 Å². The van der Waals surface area contributed by atoms with Crippen LogP contribution in [0.2, 0.25) is 0 Å². The number of hydrogen-bond acceptors (Lipinski definition) is 9. The Labute approximate surface area is 196 Å². The van der Waals surface area contributed by atoms with Gasteiger partial charge >= 0.3 is 5.97 Å². The molecule has 4 unspecified atom stereocenters. The van der Waals surface area contributed by atoms with Crippen molar-refractivity contribution in [1.82, 2.24) is 16.0 Å². The van der Waals surface area contributed by atoms with Crippen LogP contribution in [-0.4, -0.2) is 83.0 Å². The average molecular weight is 490 g/mol. The molecule has 0 radical (unpaired) electrons. The lowest BCUT2D eigenvalue weighted by Gasteiger charge is -2.25. The highest BCUT2D eigenvalue weighted by Gasteiger charge is 2.30. The van der Waals surface area contributed by atoms with E-state index in [1.165, 1.54) is 0 Å². The molecule has 194 valence electrons. The smallest absolute Gasteiger partial charge is 0.328 e. The SMILES string of the molecule is NCCCCC(NC(=O)C(CCC(N)=O)NC(=O)C(N)CCC(N)=O)C(=O)NC(CO)C(=O)O. The molecule has 0 aliphatic carbocycles. The highest BCUT2D eigenvalue weighted by molar-refractivity contribution is 5.94. The number of aliphatic hydroxyl groups is 1. The molecule has 0 fully saturated rings. The highest BCUT2D eigenvalue weighted by Crippen LogP contribution is 2.06. The summed E-state index contributed by atoms with van der Waals surface area (Å²) >= 11 is 0. The Morgan fingerprint density at radius 1 is 0.706 bits per heavy atom. The minimum Gasteiger partial charge on any atom is -0.480 e. The number of primary amides is 2. The fourth-order valence-electron chi connectivity index (χ4n) is 2.75. The van der Waals surface area contributed by atoms with E-state index in [1.54, 1.807) is 0 Å².